The van der Waals surface area contributed by atoms with E-state index in [1.165, 1.54) is 81.0 Å². The quantitative estimate of drug-likeness (QED) is 0.196. The van der Waals surface area contributed by atoms with E-state index in [1.54, 1.807) is 0 Å². The van der Waals surface area contributed by atoms with Crippen molar-refractivity contribution in [2.24, 2.45) is 0 Å². The highest BCUT2D eigenvalue weighted by atomic mass is 32.1. The maximum absolute atomic E-state index is 2.44. The van der Waals surface area contributed by atoms with Crippen molar-refractivity contribution in [3.63, 3.8) is 0 Å². The molecule has 206 valence electrons. The van der Waals surface area contributed by atoms with Gasteiger partial charge in [-0.25, -0.2) is 0 Å². The van der Waals surface area contributed by atoms with Crippen molar-refractivity contribution in [2.45, 2.75) is 0 Å². The van der Waals surface area contributed by atoms with E-state index in [1.807, 2.05) is 11.3 Å². The molecule has 44 heavy (non-hydrogen) atoms. The van der Waals surface area contributed by atoms with Crippen molar-refractivity contribution in [3.05, 3.63) is 164 Å². The zero-order valence-corrected chi connectivity index (χ0v) is 24.8. The summed E-state index contributed by atoms with van der Waals surface area (Å²) in [5, 5.41) is 5.29. The largest absolute Gasteiger partial charge is 0.309 e. The van der Waals surface area contributed by atoms with Crippen molar-refractivity contribution >= 4 is 53.3 Å². The highest BCUT2D eigenvalue weighted by molar-refractivity contribution is 7.26. The van der Waals surface area contributed by atoms with E-state index in [4.69, 9.17) is 0 Å². The van der Waals surface area contributed by atoms with Gasteiger partial charge >= 0.3 is 0 Å². The van der Waals surface area contributed by atoms with E-state index in [0.717, 1.165) is 0 Å². The summed E-state index contributed by atoms with van der Waals surface area (Å²) in [7, 11) is 0. The lowest BCUT2D eigenvalue weighted by atomic mass is 9.98. The molecule has 0 fully saturated rings. The molecule has 0 saturated carbocycles. The summed E-state index contributed by atoms with van der Waals surface area (Å²) >= 11 is 1.88. The van der Waals surface area contributed by atoms with E-state index in [2.05, 4.69) is 168 Å². The minimum absolute atomic E-state index is 1.17. The predicted octanol–water partition coefficient (Wildman–Crippen LogP) is 12.2. The number of thiophene rings is 1. The normalized spacial score (nSPS) is 11.6. The second kappa shape index (κ2) is 10.1. The number of rotatable bonds is 4. The molecular formula is C42H27NS. The molecule has 2 heteroatoms. The summed E-state index contributed by atoms with van der Waals surface area (Å²) in [5.74, 6) is 0. The first-order valence-electron chi connectivity index (χ1n) is 15.0. The zero-order chi connectivity index (χ0) is 29.0. The molecule has 0 amide bonds. The highest BCUT2D eigenvalue weighted by Gasteiger charge is 2.18. The molecule has 0 aliphatic heterocycles. The lowest BCUT2D eigenvalue weighted by Gasteiger charge is -2.10. The number of hydrogen-bond donors (Lipinski definition) is 0. The average Bonchev–Trinajstić information content (AvgIpc) is 3.64. The van der Waals surface area contributed by atoms with Gasteiger partial charge in [0.15, 0.2) is 0 Å². The molecule has 2 heterocycles. The summed E-state index contributed by atoms with van der Waals surface area (Å²) in [6, 6.07) is 59.6. The third-order valence-electron chi connectivity index (χ3n) is 8.83. The van der Waals surface area contributed by atoms with Crippen molar-refractivity contribution in [2.75, 3.05) is 0 Å². The van der Waals surface area contributed by atoms with Crippen molar-refractivity contribution in [3.8, 4) is 39.1 Å². The number of nitrogens with zero attached hydrogens (tertiary/aromatic N) is 1. The molecular weight excluding hydrogens is 551 g/mol. The SMILES string of the molecule is c1ccc(-c2ccc(-c3ccc4c(c3)c3c5c(ccc3n4-c3ccc(-c4ccccc4)cc3)sc3ccccc35)cc2)cc1. The fourth-order valence-electron chi connectivity index (χ4n) is 6.70. The number of hydrogen-bond acceptors (Lipinski definition) is 1. The number of fused-ring (bicyclic) bond motifs is 7. The van der Waals surface area contributed by atoms with Crippen LogP contribution in [0.3, 0.4) is 0 Å². The van der Waals surface area contributed by atoms with Crippen LogP contribution >= 0.6 is 11.3 Å². The maximum Gasteiger partial charge on any atom is 0.0548 e. The molecule has 0 radical (unpaired) electrons. The van der Waals surface area contributed by atoms with Gasteiger partial charge in [-0.2, -0.15) is 0 Å². The molecule has 0 atom stereocenters. The van der Waals surface area contributed by atoms with Gasteiger partial charge in [0.25, 0.3) is 0 Å². The standard InChI is InChI=1S/C42H27NS/c1-3-9-28(10-4-1)30-15-17-32(18-16-30)33-21-24-37-36(27-33)41-38(25-26-40-42(41)35-13-7-8-14-39(35)44-40)43(37)34-22-19-31(20-23-34)29-11-5-2-6-12-29/h1-27H. The molecule has 0 saturated heterocycles. The highest BCUT2D eigenvalue weighted by Crippen LogP contribution is 2.44. The van der Waals surface area contributed by atoms with E-state index in [0.29, 0.717) is 0 Å². The molecule has 0 aliphatic rings. The van der Waals surface area contributed by atoms with Gasteiger partial charge in [0, 0.05) is 36.6 Å². The maximum atomic E-state index is 2.44. The van der Waals surface area contributed by atoms with Gasteiger partial charge < -0.3 is 4.57 Å². The van der Waals surface area contributed by atoms with Crippen LogP contribution in [0.15, 0.2) is 164 Å². The van der Waals surface area contributed by atoms with Gasteiger partial charge in [-0.3, -0.25) is 0 Å². The van der Waals surface area contributed by atoms with Crippen LogP contribution in [0.25, 0.3) is 81.0 Å². The summed E-state index contributed by atoms with van der Waals surface area (Å²) in [6.45, 7) is 0. The first kappa shape index (κ1) is 25.1. The number of aromatic nitrogens is 1. The molecule has 0 bridgehead atoms. The summed E-state index contributed by atoms with van der Waals surface area (Å²) in [5.41, 5.74) is 11.0. The van der Waals surface area contributed by atoms with Crippen molar-refractivity contribution in [1.29, 1.82) is 0 Å². The molecule has 1 nitrogen and oxygen atoms in total. The van der Waals surface area contributed by atoms with Crippen molar-refractivity contribution < 1.29 is 0 Å². The van der Waals surface area contributed by atoms with Crippen LogP contribution < -0.4 is 0 Å². The third-order valence-corrected chi connectivity index (χ3v) is 9.96. The van der Waals surface area contributed by atoms with Crippen molar-refractivity contribution in [1.82, 2.24) is 4.57 Å². The molecule has 0 spiro atoms. The fourth-order valence-corrected chi connectivity index (χ4v) is 7.82. The lowest BCUT2D eigenvalue weighted by Crippen LogP contribution is -1.93. The Labute approximate surface area is 259 Å². The van der Waals surface area contributed by atoms with Gasteiger partial charge in [-0.1, -0.05) is 121 Å². The summed E-state index contributed by atoms with van der Waals surface area (Å²) in [6.07, 6.45) is 0. The van der Waals surface area contributed by atoms with Gasteiger partial charge in [-0.05, 0) is 75.8 Å². The first-order valence-corrected chi connectivity index (χ1v) is 15.8. The summed E-state index contributed by atoms with van der Waals surface area (Å²) < 4.78 is 5.10. The Morgan fingerprint density at radius 3 is 1.55 bits per heavy atom. The Morgan fingerprint density at radius 2 is 0.864 bits per heavy atom. The minimum Gasteiger partial charge on any atom is -0.309 e. The summed E-state index contributed by atoms with van der Waals surface area (Å²) in [4.78, 5) is 0. The number of benzene rings is 7. The monoisotopic (exact) mass is 577 g/mol. The zero-order valence-electron chi connectivity index (χ0n) is 23.9. The molecule has 9 aromatic rings. The Bertz CT molecular complexity index is 2450. The lowest BCUT2D eigenvalue weighted by molar-refractivity contribution is 1.18. The van der Waals surface area contributed by atoms with Crippen LogP contribution in [0.5, 0.6) is 0 Å². The molecule has 7 aromatic carbocycles. The van der Waals surface area contributed by atoms with Crippen LogP contribution in [0.4, 0.5) is 0 Å². The van der Waals surface area contributed by atoms with Gasteiger partial charge in [0.2, 0.25) is 0 Å². The molecule has 9 rings (SSSR count). The van der Waals surface area contributed by atoms with E-state index in [-0.39, 0.29) is 0 Å². The first-order chi connectivity index (χ1) is 21.8. The second-order valence-electron chi connectivity index (χ2n) is 11.4. The molecule has 2 aromatic heterocycles. The third kappa shape index (κ3) is 4.00. The Morgan fingerprint density at radius 1 is 0.341 bits per heavy atom. The Balaban J connectivity index is 1.27. The second-order valence-corrected chi connectivity index (χ2v) is 12.4. The van der Waals surface area contributed by atoms with E-state index >= 15 is 0 Å². The van der Waals surface area contributed by atoms with Crippen LogP contribution in [0, 0.1) is 0 Å². The van der Waals surface area contributed by atoms with Crippen LogP contribution in [-0.2, 0) is 0 Å². The minimum atomic E-state index is 1.17. The molecule has 0 unspecified atom stereocenters. The smallest absolute Gasteiger partial charge is 0.0548 e. The Kier molecular flexibility index (Phi) is 5.75. The Hall–Kier alpha value is -5.44. The van der Waals surface area contributed by atoms with E-state index in [9.17, 15) is 0 Å². The topological polar surface area (TPSA) is 4.93 Å². The molecule has 0 aliphatic carbocycles. The van der Waals surface area contributed by atoms with Gasteiger partial charge in [-0.15, -0.1) is 11.3 Å². The van der Waals surface area contributed by atoms with Crippen LogP contribution in [-0.4, -0.2) is 4.57 Å². The predicted molar refractivity (Wildman–Crippen MR) is 190 cm³/mol. The molecule has 0 N–H and O–H groups in total. The van der Waals surface area contributed by atoms with Gasteiger partial charge in [0.05, 0.1) is 11.0 Å². The fraction of sp³-hybridized carbons (Fsp3) is 0. The van der Waals surface area contributed by atoms with Gasteiger partial charge in [0.1, 0.15) is 0 Å². The van der Waals surface area contributed by atoms with Crippen LogP contribution in [0.1, 0.15) is 0 Å². The average molecular weight is 578 g/mol. The van der Waals surface area contributed by atoms with E-state index < -0.39 is 0 Å². The van der Waals surface area contributed by atoms with Crippen LogP contribution in [0.2, 0.25) is 0 Å².